The number of hydrogen-bond donors (Lipinski definition) is 2. The van der Waals surface area contributed by atoms with Crippen LogP contribution in [0, 0.1) is 0 Å². The average molecular weight is 418 g/mol. The Hall–Kier alpha value is -1.96. The summed E-state index contributed by atoms with van der Waals surface area (Å²) < 4.78 is 87.1. The first kappa shape index (κ1) is 21.3. The maximum atomic E-state index is 12.8. The predicted octanol–water partition coefficient (Wildman–Crippen LogP) is 1.26. The second-order valence-corrected chi connectivity index (χ2v) is 7.65. The molecule has 2 heterocycles. The molecule has 1 aliphatic rings. The Kier molecular flexibility index (Phi) is 6.62. The normalized spacial score (nSPS) is 18.1. The van der Waals surface area contributed by atoms with Crippen molar-refractivity contribution in [3.8, 4) is 0 Å². The summed E-state index contributed by atoms with van der Waals surface area (Å²) >= 11 is 0. The molecule has 1 aliphatic heterocycles. The van der Waals surface area contributed by atoms with Crippen molar-refractivity contribution in [2.75, 3.05) is 20.1 Å². The second-order valence-electron chi connectivity index (χ2n) is 5.72. The number of aromatic nitrogens is 2. The molecule has 14 heteroatoms. The predicted molar refractivity (Wildman–Crippen MR) is 86.4 cm³/mol. The molecule has 0 aromatic carbocycles. The molecule has 1 saturated heterocycles. The van der Waals surface area contributed by atoms with E-state index in [1.165, 1.54) is 13.2 Å². The van der Waals surface area contributed by atoms with Gasteiger partial charge in [0.15, 0.2) is 5.96 Å². The van der Waals surface area contributed by atoms with Gasteiger partial charge in [-0.25, -0.2) is 13.4 Å². The fourth-order valence-corrected chi connectivity index (χ4v) is 3.58. The third-order valence-electron chi connectivity index (χ3n) is 4.02. The van der Waals surface area contributed by atoms with Gasteiger partial charge in [-0.05, 0) is 12.8 Å². The minimum atomic E-state index is -5.33. The summed E-state index contributed by atoms with van der Waals surface area (Å²) in [5.74, 6) is 0.329. The van der Waals surface area contributed by atoms with Gasteiger partial charge in [-0.3, -0.25) is 9.56 Å². The van der Waals surface area contributed by atoms with Gasteiger partial charge >= 0.3 is 22.1 Å². The van der Waals surface area contributed by atoms with Crippen molar-refractivity contribution in [2.45, 2.75) is 37.5 Å². The zero-order chi connectivity index (χ0) is 20.2. The smallest absolute Gasteiger partial charge is 0.354 e. The molecule has 2 rings (SSSR count). The zero-order valence-corrected chi connectivity index (χ0v) is 15.1. The van der Waals surface area contributed by atoms with Crippen molar-refractivity contribution in [1.29, 1.82) is 0 Å². The van der Waals surface area contributed by atoms with Crippen LogP contribution in [0.15, 0.2) is 17.4 Å². The fraction of sp³-hybridized carbons (Fsp3) is 0.692. The maximum absolute atomic E-state index is 12.8. The van der Waals surface area contributed by atoms with Crippen molar-refractivity contribution in [3.05, 3.63) is 18.2 Å². The Labute approximate surface area is 152 Å². The van der Waals surface area contributed by atoms with Crippen molar-refractivity contribution in [3.63, 3.8) is 0 Å². The molecule has 1 fully saturated rings. The maximum Gasteiger partial charge on any atom is 0.511 e. The Morgan fingerprint density at radius 1 is 1.37 bits per heavy atom. The number of rotatable bonds is 5. The molecule has 0 spiro atoms. The quantitative estimate of drug-likeness (QED) is 0.427. The summed E-state index contributed by atoms with van der Waals surface area (Å²) in [6.45, 7) is -3.35. The lowest BCUT2D eigenvalue weighted by molar-refractivity contribution is -0.0494. The van der Waals surface area contributed by atoms with Crippen LogP contribution in [0.2, 0.25) is 0 Å². The number of halogens is 5. The van der Waals surface area contributed by atoms with Gasteiger partial charge in [-0.2, -0.15) is 26.3 Å². The van der Waals surface area contributed by atoms with Crippen molar-refractivity contribution in [1.82, 2.24) is 24.5 Å². The lowest BCUT2D eigenvalue weighted by atomic mass is 10.1. The van der Waals surface area contributed by atoms with Crippen LogP contribution in [-0.4, -0.2) is 59.9 Å². The molecule has 0 atom stereocenters. The first-order valence-electron chi connectivity index (χ1n) is 7.89. The fourth-order valence-electron chi connectivity index (χ4n) is 2.60. The molecule has 0 unspecified atom stereocenters. The number of nitrogens with zero attached hydrogens (tertiary/aromatic N) is 4. The van der Waals surface area contributed by atoms with E-state index in [0.717, 1.165) is 6.20 Å². The third-order valence-corrected chi connectivity index (χ3v) is 5.65. The molecule has 8 nitrogen and oxygen atoms in total. The highest BCUT2D eigenvalue weighted by Gasteiger charge is 2.50. The van der Waals surface area contributed by atoms with Crippen LogP contribution in [0.25, 0.3) is 0 Å². The minimum Gasteiger partial charge on any atom is -0.354 e. The Bertz CT molecular complexity index is 755. The molecule has 0 amide bonds. The number of alkyl halides is 5. The third kappa shape index (κ3) is 5.06. The lowest BCUT2D eigenvalue weighted by Crippen LogP contribution is -2.51. The monoisotopic (exact) mass is 418 g/mol. The van der Waals surface area contributed by atoms with Gasteiger partial charge in [0.25, 0.3) is 0 Å². The second kappa shape index (κ2) is 8.37. The highest BCUT2D eigenvalue weighted by atomic mass is 32.2. The molecular formula is C13H19F5N6O2S. The number of piperidine rings is 1. The first-order chi connectivity index (χ1) is 12.6. The van der Waals surface area contributed by atoms with Crippen LogP contribution in [0.1, 0.15) is 25.2 Å². The number of sulfonamides is 1. The molecular weight excluding hydrogens is 399 g/mol. The minimum absolute atomic E-state index is 0.0433. The number of hydrogen-bond acceptors (Lipinski definition) is 4. The van der Waals surface area contributed by atoms with Crippen LogP contribution in [0.5, 0.6) is 0 Å². The van der Waals surface area contributed by atoms with Gasteiger partial charge in [0.05, 0.1) is 6.54 Å². The highest BCUT2D eigenvalue weighted by Crippen LogP contribution is 2.28. The van der Waals surface area contributed by atoms with Gasteiger partial charge in [0.1, 0.15) is 5.82 Å². The molecule has 0 bridgehead atoms. The van der Waals surface area contributed by atoms with Crippen molar-refractivity contribution >= 4 is 16.0 Å². The van der Waals surface area contributed by atoms with E-state index in [9.17, 15) is 30.4 Å². The number of imidazole rings is 1. The van der Waals surface area contributed by atoms with Gasteiger partial charge < -0.3 is 10.6 Å². The van der Waals surface area contributed by atoms with Crippen LogP contribution in [-0.2, 0) is 16.6 Å². The van der Waals surface area contributed by atoms with Gasteiger partial charge in [-0.1, -0.05) is 0 Å². The topological polar surface area (TPSA) is 91.6 Å². The van der Waals surface area contributed by atoms with Crippen LogP contribution in [0.4, 0.5) is 22.0 Å². The van der Waals surface area contributed by atoms with E-state index >= 15 is 0 Å². The van der Waals surface area contributed by atoms with Crippen LogP contribution < -0.4 is 10.6 Å². The highest BCUT2D eigenvalue weighted by molar-refractivity contribution is 7.90. The molecule has 0 radical (unpaired) electrons. The molecule has 154 valence electrons. The van der Waals surface area contributed by atoms with E-state index < -0.39 is 22.1 Å². The molecule has 0 saturated carbocycles. The zero-order valence-electron chi connectivity index (χ0n) is 14.2. The summed E-state index contributed by atoms with van der Waals surface area (Å²) in [7, 11) is -3.89. The Morgan fingerprint density at radius 2 is 2.00 bits per heavy atom. The van der Waals surface area contributed by atoms with Gasteiger partial charge in [0.2, 0.25) is 0 Å². The summed E-state index contributed by atoms with van der Waals surface area (Å²) in [6, 6.07) is -0.314. The van der Waals surface area contributed by atoms with Crippen molar-refractivity contribution < 1.29 is 30.4 Å². The van der Waals surface area contributed by atoms with Crippen molar-refractivity contribution in [2.24, 2.45) is 4.99 Å². The lowest BCUT2D eigenvalue weighted by Gasteiger charge is -2.32. The molecule has 1 aromatic heterocycles. The molecule has 2 N–H and O–H groups in total. The summed E-state index contributed by atoms with van der Waals surface area (Å²) in [5, 5.41) is 5.73. The van der Waals surface area contributed by atoms with Crippen LogP contribution >= 0.6 is 0 Å². The van der Waals surface area contributed by atoms with E-state index in [0.29, 0.717) is 8.87 Å². The van der Waals surface area contributed by atoms with E-state index in [4.69, 9.17) is 0 Å². The summed E-state index contributed by atoms with van der Waals surface area (Å²) in [4.78, 5) is 7.73. The molecule has 0 aliphatic carbocycles. The molecule has 27 heavy (non-hydrogen) atoms. The SMILES string of the molecule is CN=C(NCc1nccn1C(F)F)NC1CCN(S(=O)(=O)C(F)(F)F)CC1. The Balaban J connectivity index is 1.87. The van der Waals surface area contributed by atoms with E-state index in [1.54, 1.807) is 0 Å². The van der Waals surface area contributed by atoms with Gasteiger partial charge in [0, 0.05) is 38.6 Å². The van der Waals surface area contributed by atoms with Crippen LogP contribution in [0.3, 0.4) is 0 Å². The first-order valence-corrected chi connectivity index (χ1v) is 9.33. The Morgan fingerprint density at radius 3 is 2.52 bits per heavy atom. The van der Waals surface area contributed by atoms with E-state index in [1.807, 2.05) is 0 Å². The summed E-state index contributed by atoms with van der Waals surface area (Å²) in [6.07, 6.45) is 2.65. The summed E-state index contributed by atoms with van der Waals surface area (Å²) in [5.41, 5.74) is -5.32. The number of guanidine groups is 1. The number of aliphatic imine (C=N–C) groups is 1. The molecule has 1 aromatic rings. The van der Waals surface area contributed by atoms with E-state index in [-0.39, 0.29) is 50.3 Å². The average Bonchev–Trinajstić information content (AvgIpc) is 3.07. The van der Waals surface area contributed by atoms with Gasteiger partial charge in [-0.15, -0.1) is 0 Å². The standard InChI is InChI=1S/C13H19F5N6O2S/c1-19-12(21-8-10-20-4-7-24(10)11(14)15)22-9-2-5-23(6-3-9)27(25,26)13(16,17)18/h4,7,9,11H,2-3,5-6,8H2,1H3,(H2,19,21,22). The van der Waals surface area contributed by atoms with E-state index in [2.05, 4.69) is 20.6 Å². The largest absolute Gasteiger partial charge is 0.511 e. The number of nitrogens with one attached hydrogen (secondary N) is 2.